The first-order chi connectivity index (χ1) is 8.65. The standard InChI is InChI=1S/C13H12N4O/c1-8-11(7-14)12(15)17-13(16-8)9-4-3-5-10(6-9)18-2/h3-6H,1-2H3,(H2,15,16,17). The molecule has 0 amide bonds. The number of nitrogens with two attached hydrogens (primary N) is 1. The fraction of sp³-hybridized carbons (Fsp3) is 0.154. The van der Waals surface area contributed by atoms with Crippen molar-refractivity contribution in [3.05, 3.63) is 35.5 Å². The Morgan fingerprint density at radius 1 is 1.33 bits per heavy atom. The maximum atomic E-state index is 8.91. The van der Waals surface area contributed by atoms with Crippen molar-refractivity contribution in [3.8, 4) is 23.2 Å². The molecule has 1 heterocycles. The number of nitriles is 1. The Hall–Kier alpha value is -2.61. The van der Waals surface area contributed by atoms with Crippen molar-refractivity contribution in [2.45, 2.75) is 6.92 Å². The van der Waals surface area contributed by atoms with Gasteiger partial charge in [0, 0.05) is 5.56 Å². The van der Waals surface area contributed by atoms with Gasteiger partial charge in [0.25, 0.3) is 0 Å². The molecular formula is C13H12N4O. The van der Waals surface area contributed by atoms with Gasteiger partial charge in [-0.3, -0.25) is 0 Å². The summed E-state index contributed by atoms with van der Waals surface area (Å²) < 4.78 is 5.14. The van der Waals surface area contributed by atoms with Crippen LogP contribution in [0.2, 0.25) is 0 Å². The van der Waals surface area contributed by atoms with Crippen LogP contribution in [0.25, 0.3) is 11.4 Å². The molecule has 0 radical (unpaired) electrons. The van der Waals surface area contributed by atoms with Crippen LogP contribution >= 0.6 is 0 Å². The number of benzene rings is 1. The summed E-state index contributed by atoms with van der Waals surface area (Å²) in [4.78, 5) is 8.42. The van der Waals surface area contributed by atoms with E-state index in [1.165, 1.54) is 0 Å². The zero-order valence-electron chi connectivity index (χ0n) is 10.1. The summed E-state index contributed by atoms with van der Waals surface area (Å²) in [7, 11) is 1.60. The average molecular weight is 240 g/mol. The lowest BCUT2D eigenvalue weighted by Gasteiger charge is -2.06. The minimum Gasteiger partial charge on any atom is -0.497 e. The molecule has 1 aromatic heterocycles. The summed E-state index contributed by atoms with van der Waals surface area (Å²) in [5.41, 5.74) is 7.43. The SMILES string of the molecule is COc1cccc(-c2nc(C)c(C#N)c(N)n2)c1. The first-order valence-electron chi connectivity index (χ1n) is 5.34. The predicted octanol–water partition coefficient (Wildman–Crippen LogP) is 1.91. The fourth-order valence-electron chi connectivity index (χ4n) is 1.62. The molecule has 0 spiro atoms. The largest absolute Gasteiger partial charge is 0.497 e. The number of hydrogen-bond donors (Lipinski definition) is 1. The minimum absolute atomic E-state index is 0.197. The van der Waals surface area contributed by atoms with Crippen molar-refractivity contribution in [2.24, 2.45) is 0 Å². The molecule has 0 atom stereocenters. The zero-order chi connectivity index (χ0) is 13.1. The van der Waals surface area contributed by atoms with Gasteiger partial charge >= 0.3 is 0 Å². The third-order valence-electron chi connectivity index (χ3n) is 2.56. The van der Waals surface area contributed by atoms with Crippen LogP contribution in [0.15, 0.2) is 24.3 Å². The molecule has 0 fully saturated rings. The predicted molar refractivity (Wildman–Crippen MR) is 67.9 cm³/mol. The smallest absolute Gasteiger partial charge is 0.161 e. The maximum absolute atomic E-state index is 8.91. The lowest BCUT2D eigenvalue weighted by Crippen LogP contribution is -2.02. The zero-order valence-corrected chi connectivity index (χ0v) is 10.1. The molecule has 0 saturated heterocycles. The Morgan fingerprint density at radius 3 is 2.72 bits per heavy atom. The third kappa shape index (κ3) is 2.09. The molecule has 0 saturated carbocycles. The molecular weight excluding hydrogens is 228 g/mol. The van der Waals surface area contributed by atoms with Crippen molar-refractivity contribution in [3.63, 3.8) is 0 Å². The van der Waals surface area contributed by atoms with Crippen molar-refractivity contribution < 1.29 is 4.74 Å². The average Bonchev–Trinajstić information content (AvgIpc) is 2.38. The normalized spacial score (nSPS) is 9.83. The summed E-state index contributed by atoms with van der Waals surface area (Å²) in [5.74, 6) is 1.41. The monoisotopic (exact) mass is 240 g/mol. The number of rotatable bonds is 2. The van der Waals surface area contributed by atoms with Crippen LogP contribution in [0.4, 0.5) is 5.82 Å². The Morgan fingerprint density at radius 2 is 2.11 bits per heavy atom. The van der Waals surface area contributed by atoms with E-state index in [2.05, 4.69) is 9.97 Å². The number of ether oxygens (including phenoxy) is 1. The molecule has 18 heavy (non-hydrogen) atoms. The van der Waals surface area contributed by atoms with E-state index in [9.17, 15) is 0 Å². The number of hydrogen-bond acceptors (Lipinski definition) is 5. The molecule has 0 unspecified atom stereocenters. The maximum Gasteiger partial charge on any atom is 0.161 e. The van der Waals surface area contributed by atoms with Gasteiger partial charge in [0.15, 0.2) is 5.82 Å². The lowest BCUT2D eigenvalue weighted by atomic mass is 10.1. The first kappa shape index (κ1) is 11.9. The van der Waals surface area contributed by atoms with Gasteiger partial charge in [-0.1, -0.05) is 12.1 Å². The van der Waals surface area contributed by atoms with Gasteiger partial charge in [-0.15, -0.1) is 0 Å². The van der Waals surface area contributed by atoms with Crippen molar-refractivity contribution in [2.75, 3.05) is 12.8 Å². The summed E-state index contributed by atoms with van der Waals surface area (Å²) in [6, 6.07) is 9.36. The second kappa shape index (κ2) is 4.72. The molecule has 5 nitrogen and oxygen atoms in total. The molecule has 0 aliphatic heterocycles. The lowest BCUT2D eigenvalue weighted by molar-refractivity contribution is 0.415. The summed E-state index contributed by atoms with van der Waals surface area (Å²) in [5, 5.41) is 8.91. The second-order valence-corrected chi connectivity index (χ2v) is 3.74. The Kier molecular flexibility index (Phi) is 3.11. The number of methoxy groups -OCH3 is 1. The van der Waals surface area contributed by atoms with Crippen molar-refractivity contribution in [1.29, 1.82) is 5.26 Å². The number of aromatic nitrogens is 2. The van der Waals surface area contributed by atoms with Crippen molar-refractivity contribution in [1.82, 2.24) is 9.97 Å². The highest BCUT2D eigenvalue weighted by Crippen LogP contribution is 2.23. The summed E-state index contributed by atoms with van der Waals surface area (Å²) in [6.45, 7) is 1.74. The van der Waals surface area contributed by atoms with Crippen LogP contribution in [0.3, 0.4) is 0 Å². The minimum atomic E-state index is 0.197. The van der Waals surface area contributed by atoms with E-state index in [1.807, 2.05) is 30.3 Å². The van der Waals surface area contributed by atoms with E-state index >= 15 is 0 Å². The van der Waals surface area contributed by atoms with Gasteiger partial charge in [-0.25, -0.2) is 9.97 Å². The molecule has 2 rings (SSSR count). The highest BCUT2D eigenvalue weighted by Gasteiger charge is 2.10. The fourth-order valence-corrected chi connectivity index (χ4v) is 1.62. The van der Waals surface area contributed by atoms with Gasteiger partial charge in [0.1, 0.15) is 23.2 Å². The Bertz CT molecular complexity index is 608. The van der Waals surface area contributed by atoms with Crippen LogP contribution in [-0.4, -0.2) is 17.1 Å². The Labute approximate surface area is 105 Å². The molecule has 0 aliphatic rings. The van der Waals surface area contributed by atoms with E-state index < -0.39 is 0 Å². The molecule has 2 N–H and O–H groups in total. The van der Waals surface area contributed by atoms with E-state index in [1.54, 1.807) is 14.0 Å². The molecule has 0 bridgehead atoms. The van der Waals surface area contributed by atoms with Crippen LogP contribution < -0.4 is 10.5 Å². The van der Waals surface area contributed by atoms with E-state index in [-0.39, 0.29) is 5.82 Å². The van der Waals surface area contributed by atoms with Crippen molar-refractivity contribution >= 4 is 5.82 Å². The number of aryl methyl sites for hydroxylation is 1. The number of anilines is 1. The Balaban J connectivity index is 2.55. The summed E-state index contributed by atoms with van der Waals surface area (Å²) in [6.07, 6.45) is 0. The van der Waals surface area contributed by atoms with Crippen LogP contribution in [-0.2, 0) is 0 Å². The van der Waals surface area contributed by atoms with E-state index in [4.69, 9.17) is 15.7 Å². The highest BCUT2D eigenvalue weighted by atomic mass is 16.5. The quantitative estimate of drug-likeness (QED) is 0.866. The van der Waals surface area contributed by atoms with E-state index in [0.29, 0.717) is 17.1 Å². The van der Waals surface area contributed by atoms with Crippen LogP contribution in [0, 0.1) is 18.3 Å². The van der Waals surface area contributed by atoms with Gasteiger partial charge < -0.3 is 10.5 Å². The molecule has 1 aromatic carbocycles. The number of nitrogen functional groups attached to an aromatic ring is 1. The van der Waals surface area contributed by atoms with Crippen LogP contribution in [0.5, 0.6) is 5.75 Å². The first-order valence-corrected chi connectivity index (χ1v) is 5.34. The second-order valence-electron chi connectivity index (χ2n) is 3.74. The van der Waals surface area contributed by atoms with Gasteiger partial charge in [0.05, 0.1) is 12.8 Å². The third-order valence-corrected chi connectivity index (χ3v) is 2.56. The molecule has 0 aliphatic carbocycles. The molecule has 5 heteroatoms. The molecule has 90 valence electrons. The molecule has 2 aromatic rings. The van der Waals surface area contributed by atoms with Gasteiger partial charge in [-0.2, -0.15) is 5.26 Å². The van der Waals surface area contributed by atoms with Crippen LogP contribution in [0.1, 0.15) is 11.3 Å². The highest BCUT2D eigenvalue weighted by molar-refractivity contribution is 5.62. The summed E-state index contributed by atoms with van der Waals surface area (Å²) >= 11 is 0. The van der Waals surface area contributed by atoms with Gasteiger partial charge in [-0.05, 0) is 19.1 Å². The topological polar surface area (TPSA) is 84.8 Å². The number of nitrogens with zero attached hydrogens (tertiary/aromatic N) is 3. The van der Waals surface area contributed by atoms with Gasteiger partial charge in [0.2, 0.25) is 0 Å². The van der Waals surface area contributed by atoms with E-state index in [0.717, 1.165) is 11.3 Å².